The molecule has 0 fully saturated rings. The average molecular weight is 321 g/mol. The number of amides is 3. The Balaban J connectivity index is 2.81. The summed E-state index contributed by atoms with van der Waals surface area (Å²) in [6, 6.07) is 4.96. The molecule has 0 saturated heterocycles. The molecule has 1 rings (SSSR count). The second kappa shape index (κ2) is 8.17. The fourth-order valence-electron chi connectivity index (χ4n) is 1.91. The molecule has 0 aliphatic carbocycles. The molecule has 1 aromatic carbocycles. The average Bonchev–Trinajstić information content (AvgIpc) is 2.42. The first kappa shape index (κ1) is 18.5. The maximum atomic E-state index is 12.2. The molecule has 0 aliphatic heterocycles. The molecule has 7 nitrogen and oxygen atoms in total. The van der Waals surface area contributed by atoms with Crippen LogP contribution < -0.4 is 16.0 Å². The zero-order chi connectivity index (χ0) is 17.6. The molecule has 1 atom stereocenters. The number of rotatable bonds is 6. The number of carboxylic acid groups (broad SMARTS) is 1. The molecule has 4 N–H and O–H groups in total. The number of hydrogen-bond donors (Lipinski definition) is 4. The molecule has 0 saturated carbocycles. The van der Waals surface area contributed by atoms with Gasteiger partial charge in [-0.05, 0) is 38.0 Å². The Morgan fingerprint density at radius 3 is 2.22 bits per heavy atom. The molecule has 7 heteroatoms. The second-order valence-electron chi connectivity index (χ2n) is 5.87. The minimum Gasteiger partial charge on any atom is -0.480 e. The van der Waals surface area contributed by atoms with E-state index in [4.69, 9.17) is 5.11 Å². The van der Waals surface area contributed by atoms with Crippen molar-refractivity contribution in [3.8, 4) is 0 Å². The van der Waals surface area contributed by atoms with Crippen LogP contribution in [-0.4, -0.2) is 35.1 Å². The van der Waals surface area contributed by atoms with Gasteiger partial charge in [-0.2, -0.15) is 0 Å². The van der Waals surface area contributed by atoms with Gasteiger partial charge < -0.3 is 21.1 Å². The molecule has 126 valence electrons. The highest BCUT2D eigenvalue weighted by Crippen LogP contribution is 2.12. The summed E-state index contributed by atoms with van der Waals surface area (Å²) in [7, 11) is 0. The third kappa shape index (κ3) is 5.98. The van der Waals surface area contributed by atoms with E-state index in [0.29, 0.717) is 5.69 Å². The van der Waals surface area contributed by atoms with Crippen LogP contribution in [0.1, 0.15) is 38.1 Å². The highest BCUT2D eigenvalue weighted by Gasteiger charge is 2.24. The predicted octanol–water partition coefficient (Wildman–Crippen LogP) is 2.06. The molecule has 0 aliphatic rings. The quantitative estimate of drug-likeness (QED) is 0.643. The number of carbonyl (C=O) groups is 3. The van der Waals surface area contributed by atoms with Gasteiger partial charge in [0.2, 0.25) is 0 Å². The van der Waals surface area contributed by atoms with Crippen molar-refractivity contribution in [2.24, 2.45) is 5.92 Å². The summed E-state index contributed by atoms with van der Waals surface area (Å²) >= 11 is 0. The molecule has 0 radical (unpaired) electrons. The SMILES string of the molecule is CC(C)NC(=O)Nc1cccc(C(=O)N[C@@H](C(=O)O)C(C)C)c1. The van der Waals surface area contributed by atoms with Gasteiger partial charge in [0.05, 0.1) is 0 Å². The first-order valence-corrected chi connectivity index (χ1v) is 7.42. The summed E-state index contributed by atoms with van der Waals surface area (Å²) in [5.41, 5.74) is 0.728. The van der Waals surface area contributed by atoms with Crippen molar-refractivity contribution in [3.05, 3.63) is 29.8 Å². The van der Waals surface area contributed by atoms with E-state index in [2.05, 4.69) is 16.0 Å². The van der Waals surface area contributed by atoms with E-state index in [1.807, 2.05) is 13.8 Å². The Hall–Kier alpha value is -2.57. The highest BCUT2D eigenvalue weighted by atomic mass is 16.4. The van der Waals surface area contributed by atoms with Crippen molar-refractivity contribution in [1.82, 2.24) is 10.6 Å². The minimum absolute atomic E-state index is 0.0103. The molecule has 0 unspecified atom stereocenters. The maximum absolute atomic E-state index is 12.2. The Bertz CT molecular complexity index is 584. The van der Waals surface area contributed by atoms with E-state index < -0.39 is 17.9 Å². The fourth-order valence-corrected chi connectivity index (χ4v) is 1.91. The first-order chi connectivity index (χ1) is 10.7. The van der Waals surface area contributed by atoms with E-state index in [1.54, 1.807) is 32.0 Å². The van der Waals surface area contributed by atoms with Crippen LogP contribution in [-0.2, 0) is 4.79 Å². The third-order valence-corrected chi connectivity index (χ3v) is 3.02. The van der Waals surface area contributed by atoms with E-state index in [1.165, 1.54) is 6.07 Å². The van der Waals surface area contributed by atoms with Gasteiger partial charge in [0.1, 0.15) is 6.04 Å². The van der Waals surface area contributed by atoms with Crippen LogP contribution in [0, 0.1) is 5.92 Å². The largest absolute Gasteiger partial charge is 0.480 e. The number of carbonyl (C=O) groups excluding carboxylic acids is 2. The van der Waals surface area contributed by atoms with Crippen molar-refractivity contribution in [3.63, 3.8) is 0 Å². The van der Waals surface area contributed by atoms with Crippen LogP contribution in [0.2, 0.25) is 0 Å². The van der Waals surface area contributed by atoms with Gasteiger partial charge in [0, 0.05) is 17.3 Å². The number of aliphatic carboxylic acids is 1. The summed E-state index contributed by atoms with van der Waals surface area (Å²) in [5.74, 6) is -1.83. The summed E-state index contributed by atoms with van der Waals surface area (Å²) < 4.78 is 0. The molecule has 23 heavy (non-hydrogen) atoms. The number of urea groups is 1. The van der Waals surface area contributed by atoms with E-state index in [9.17, 15) is 14.4 Å². The molecule has 3 amide bonds. The summed E-state index contributed by atoms with van der Waals surface area (Å²) in [4.78, 5) is 35.0. The Morgan fingerprint density at radius 1 is 1.04 bits per heavy atom. The van der Waals surface area contributed by atoms with Crippen molar-refractivity contribution in [2.75, 3.05) is 5.32 Å². The maximum Gasteiger partial charge on any atom is 0.326 e. The van der Waals surface area contributed by atoms with Gasteiger partial charge >= 0.3 is 12.0 Å². The standard InChI is InChI=1S/C16H23N3O4/c1-9(2)13(15(21)22)19-14(20)11-6-5-7-12(8-11)18-16(23)17-10(3)4/h5-10,13H,1-4H3,(H,19,20)(H,21,22)(H2,17,18,23)/t13-/m1/s1. The lowest BCUT2D eigenvalue weighted by Crippen LogP contribution is -2.44. The van der Waals surface area contributed by atoms with Crippen LogP contribution in [0.3, 0.4) is 0 Å². The van der Waals surface area contributed by atoms with Gasteiger partial charge in [0.25, 0.3) is 5.91 Å². The fraction of sp³-hybridized carbons (Fsp3) is 0.438. The van der Waals surface area contributed by atoms with Gasteiger partial charge in [0.15, 0.2) is 0 Å². The zero-order valence-electron chi connectivity index (χ0n) is 13.7. The Kier molecular flexibility index (Phi) is 6.56. The lowest BCUT2D eigenvalue weighted by Gasteiger charge is -2.18. The third-order valence-electron chi connectivity index (χ3n) is 3.02. The summed E-state index contributed by atoms with van der Waals surface area (Å²) in [6.07, 6.45) is 0. The lowest BCUT2D eigenvalue weighted by molar-refractivity contribution is -0.140. The topological polar surface area (TPSA) is 108 Å². The van der Waals surface area contributed by atoms with Crippen LogP contribution in [0.15, 0.2) is 24.3 Å². The predicted molar refractivity (Wildman–Crippen MR) is 87.5 cm³/mol. The molecule has 0 aromatic heterocycles. The molecular weight excluding hydrogens is 298 g/mol. The van der Waals surface area contributed by atoms with E-state index in [-0.39, 0.29) is 23.6 Å². The first-order valence-electron chi connectivity index (χ1n) is 7.42. The summed E-state index contributed by atoms with van der Waals surface area (Å²) in [5, 5.41) is 16.9. The molecule has 0 heterocycles. The number of carboxylic acids is 1. The van der Waals surface area contributed by atoms with Crippen LogP contribution in [0.4, 0.5) is 10.5 Å². The number of nitrogens with one attached hydrogen (secondary N) is 3. The molecular formula is C16H23N3O4. The lowest BCUT2D eigenvalue weighted by atomic mass is 10.0. The van der Waals surface area contributed by atoms with Crippen molar-refractivity contribution < 1.29 is 19.5 Å². The van der Waals surface area contributed by atoms with Crippen LogP contribution in [0.25, 0.3) is 0 Å². The molecule has 0 spiro atoms. The smallest absolute Gasteiger partial charge is 0.326 e. The number of hydrogen-bond acceptors (Lipinski definition) is 3. The second-order valence-corrected chi connectivity index (χ2v) is 5.87. The van der Waals surface area contributed by atoms with E-state index >= 15 is 0 Å². The Morgan fingerprint density at radius 2 is 1.70 bits per heavy atom. The van der Waals surface area contributed by atoms with Crippen molar-refractivity contribution in [2.45, 2.75) is 39.8 Å². The zero-order valence-corrected chi connectivity index (χ0v) is 13.7. The molecule has 1 aromatic rings. The van der Waals surface area contributed by atoms with Crippen molar-refractivity contribution >= 4 is 23.6 Å². The van der Waals surface area contributed by atoms with Crippen LogP contribution >= 0.6 is 0 Å². The molecule has 0 bridgehead atoms. The number of anilines is 1. The van der Waals surface area contributed by atoms with Crippen LogP contribution in [0.5, 0.6) is 0 Å². The summed E-state index contributed by atoms with van der Waals surface area (Å²) in [6.45, 7) is 7.10. The van der Waals surface area contributed by atoms with Gasteiger partial charge in [-0.15, -0.1) is 0 Å². The van der Waals surface area contributed by atoms with Gasteiger partial charge in [-0.3, -0.25) is 4.79 Å². The Labute approximate surface area is 135 Å². The minimum atomic E-state index is -1.08. The van der Waals surface area contributed by atoms with E-state index in [0.717, 1.165) is 0 Å². The van der Waals surface area contributed by atoms with Gasteiger partial charge in [-0.1, -0.05) is 19.9 Å². The van der Waals surface area contributed by atoms with Gasteiger partial charge in [-0.25, -0.2) is 9.59 Å². The van der Waals surface area contributed by atoms with Crippen molar-refractivity contribution in [1.29, 1.82) is 0 Å². The monoisotopic (exact) mass is 321 g/mol. The number of benzene rings is 1. The normalized spacial score (nSPS) is 11.9. The highest BCUT2D eigenvalue weighted by molar-refractivity contribution is 5.98.